The quantitative estimate of drug-likeness (QED) is 0.761. The number of carbonyl (C=O) groups is 1. The fraction of sp³-hybridized carbons (Fsp3) is 0.500. The first-order chi connectivity index (χ1) is 8.42. The number of nitrogens with one attached hydrogen (secondary N) is 1. The normalized spacial score (nSPS) is 14.3. The predicted molar refractivity (Wildman–Crippen MR) is 69.5 cm³/mol. The summed E-state index contributed by atoms with van der Waals surface area (Å²) in [7, 11) is 0. The highest BCUT2D eigenvalue weighted by Crippen LogP contribution is 2.16. The van der Waals surface area contributed by atoms with E-state index in [-0.39, 0.29) is 12.5 Å². The fourth-order valence-corrected chi connectivity index (χ4v) is 1.76. The van der Waals surface area contributed by atoms with Crippen LogP contribution in [0.2, 0.25) is 0 Å². The van der Waals surface area contributed by atoms with E-state index >= 15 is 0 Å². The van der Waals surface area contributed by atoms with Crippen molar-refractivity contribution < 1.29 is 14.7 Å². The summed E-state index contributed by atoms with van der Waals surface area (Å²) in [5.41, 5.74) is 1.85. The van der Waals surface area contributed by atoms with Gasteiger partial charge in [0.05, 0.1) is 6.61 Å². The number of hydrogen-bond acceptors (Lipinski definition) is 3. The van der Waals surface area contributed by atoms with Gasteiger partial charge in [0.15, 0.2) is 0 Å². The molecule has 0 saturated heterocycles. The number of hydrogen-bond donors (Lipinski definition) is 2. The Labute approximate surface area is 108 Å². The Hall–Kier alpha value is -1.39. The third-order valence-corrected chi connectivity index (χ3v) is 2.54. The van der Waals surface area contributed by atoms with Crippen LogP contribution in [0.5, 0.6) is 0 Å². The number of rotatable bonds is 6. The van der Waals surface area contributed by atoms with Gasteiger partial charge in [-0.1, -0.05) is 44.2 Å². The monoisotopic (exact) mass is 251 g/mol. The van der Waals surface area contributed by atoms with E-state index in [2.05, 4.69) is 5.48 Å². The van der Waals surface area contributed by atoms with Crippen molar-refractivity contribution in [3.05, 3.63) is 35.9 Å². The van der Waals surface area contributed by atoms with Gasteiger partial charge in [0.2, 0.25) is 0 Å². The Balaban J connectivity index is 2.37. The Morgan fingerprint density at radius 1 is 1.39 bits per heavy atom. The maximum atomic E-state index is 11.7. The van der Waals surface area contributed by atoms with Crippen LogP contribution in [0.4, 0.5) is 0 Å². The molecule has 1 amide bonds. The van der Waals surface area contributed by atoms with E-state index in [1.54, 1.807) is 0 Å². The Morgan fingerprint density at radius 2 is 2.00 bits per heavy atom. The lowest BCUT2D eigenvalue weighted by atomic mass is 9.94. The standard InChI is InChI=1S/C14H21NO3/c1-11(2)9-14(3,17)13(16)15-18-10-12-7-5-4-6-8-12/h4-8,11,17H,9-10H2,1-3H3,(H,15,16). The minimum absolute atomic E-state index is 0.236. The van der Waals surface area contributed by atoms with Crippen LogP contribution in [0.15, 0.2) is 30.3 Å². The maximum absolute atomic E-state index is 11.7. The molecule has 0 heterocycles. The van der Waals surface area contributed by atoms with Crippen molar-refractivity contribution >= 4 is 5.91 Å². The zero-order valence-corrected chi connectivity index (χ0v) is 11.1. The molecule has 2 N–H and O–H groups in total. The lowest BCUT2D eigenvalue weighted by molar-refractivity contribution is -0.153. The molecule has 0 aromatic heterocycles. The lowest BCUT2D eigenvalue weighted by Crippen LogP contribution is -2.45. The van der Waals surface area contributed by atoms with Crippen LogP contribution in [0.3, 0.4) is 0 Å². The number of benzene rings is 1. The Kier molecular flexibility index (Phi) is 5.31. The van der Waals surface area contributed by atoms with Gasteiger partial charge in [0.25, 0.3) is 5.91 Å². The third kappa shape index (κ3) is 4.85. The molecule has 18 heavy (non-hydrogen) atoms. The van der Waals surface area contributed by atoms with Gasteiger partial charge in [-0.25, -0.2) is 5.48 Å². The van der Waals surface area contributed by atoms with Crippen LogP contribution in [0.25, 0.3) is 0 Å². The summed E-state index contributed by atoms with van der Waals surface area (Å²) in [6.45, 7) is 5.68. The SMILES string of the molecule is CC(C)CC(C)(O)C(=O)NOCc1ccccc1. The minimum atomic E-state index is -1.40. The van der Waals surface area contributed by atoms with Gasteiger partial charge in [0, 0.05) is 0 Å². The van der Waals surface area contributed by atoms with Crippen molar-refractivity contribution in [3.8, 4) is 0 Å². The van der Waals surface area contributed by atoms with Gasteiger partial charge < -0.3 is 5.11 Å². The molecule has 4 nitrogen and oxygen atoms in total. The molecule has 0 radical (unpaired) electrons. The molecule has 0 aliphatic heterocycles. The Bertz CT molecular complexity index is 374. The van der Waals surface area contributed by atoms with Crippen LogP contribution < -0.4 is 5.48 Å². The molecule has 0 spiro atoms. The summed E-state index contributed by atoms with van der Waals surface area (Å²) in [6, 6.07) is 9.51. The topological polar surface area (TPSA) is 58.6 Å². The molecule has 1 atom stereocenters. The molecule has 0 saturated carbocycles. The van der Waals surface area contributed by atoms with E-state index in [1.165, 1.54) is 6.92 Å². The summed E-state index contributed by atoms with van der Waals surface area (Å²) < 4.78 is 0. The largest absolute Gasteiger partial charge is 0.380 e. The fourth-order valence-electron chi connectivity index (χ4n) is 1.76. The van der Waals surface area contributed by atoms with Gasteiger partial charge in [-0.3, -0.25) is 9.63 Å². The second-order valence-electron chi connectivity index (χ2n) is 5.08. The van der Waals surface area contributed by atoms with Gasteiger partial charge in [-0.05, 0) is 24.8 Å². The van der Waals surface area contributed by atoms with Gasteiger partial charge in [-0.2, -0.15) is 0 Å². The highest BCUT2D eigenvalue weighted by Gasteiger charge is 2.31. The van der Waals surface area contributed by atoms with Crippen LogP contribution in [-0.4, -0.2) is 16.6 Å². The molecule has 4 heteroatoms. The van der Waals surface area contributed by atoms with Crippen LogP contribution >= 0.6 is 0 Å². The molecule has 100 valence electrons. The number of amides is 1. The first kappa shape index (κ1) is 14.7. The summed E-state index contributed by atoms with van der Waals surface area (Å²) in [6.07, 6.45) is 0.396. The smallest absolute Gasteiger partial charge is 0.275 e. The van der Waals surface area contributed by atoms with Crippen molar-refractivity contribution in [2.24, 2.45) is 5.92 Å². The Morgan fingerprint density at radius 3 is 2.56 bits per heavy atom. The molecular formula is C14H21NO3. The predicted octanol–water partition coefficient (Wildman–Crippen LogP) is 2.03. The molecule has 1 aromatic rings. The molecule has 1 aromatic carbocycles. The first-order valence-electron chi connectivity index (χ1n) is 6.10. The van der Waals surface area contributed by atoms with Gasteiger partial charge in [-0.15, -0.1) is 0 Å². The zero-order chi connectivity index (χ0) is 13.6. The molecular weight excluding hydrogens is 230 g/mol. The summed E-state index contributed by atoms with van der Waals surface area (Å²) in [5.74, 6) is -0.271. The van der Waals surface area contributed by atoms with Gasteiger partial charge >= 0.3 is 0 Å². The second kappa shape index (κ2) is 6.52. The van der Waals surface area contributed by atoms with Crippen molar-refractivity contribution in [1.29, 1.82) is 0 Å². The van der Waals surface area contributed by atoms with E-state index in [4.69, 9.17) is 4.84 Å². The van der Waals surface area contributed by atoms with E-state index in [0.717, 1.165) is 5.56 Å². The molecule has 0 bridgehead atoms. The minimum Gasteiger partial charge on any atom is -0.380 e. The highest BCUT2D eigenvalue weighted by atomic mass is 16.7. The van der Waals surface area contributed by atoms with Crippen molar-refractivity contribution in [3.63, 3.8) is 0 Å². The van der Waals surface area contributed by atoms with E-state index in [9.17, 15) is 9.90 Å². The molecule has 1 unspecified atom stereocenters. The summed E-state index contributed by atoms with van der Waals surface area (Å²) in [4.78, 5) is 16.8. The lowest BCUT2D eigenvalue weighted by Gasteiger charge is -2.23. The van der Waals surface area contributed by atoms with E-state index in [0.29, 0.717) is 6.42 Å². The summed E-state index contributed by atoms with van der Waals surface area (Å²) >= 11 is 0. The van der Waals surface area contributed by atoms with Crippen molar-refractivity contribution in [2.45, 2.75) is 39.4 Å². The average molecular weight is 251 g/mol. The van der Waals surface area contributed by atoms with E-state index < -0.39 is 11.5 Å². The molecule has 0 fully saturated rings. The zero-order valence-electron chi connectivity index (χ0n) is 11.1. The highest BCUT2D eigenvalue weighted by molar-refractivity contribution is 5.83. The molecule has 1 rings (SSSR count). The van der Waals surface area contributed by atoms with E-state index in [1.807, 2.05) is 44.2 Å². The molecule has 0 aliphatic carbocycles. The van der Waals surface area contributed by atoms with Crippen LogP contribution in [0.1, 0.15) is 32.8 Å². The summed E-state index contributed by atoms with van der Waals surface area (Å²) in [5, 5.41) is 9.96. The van der Waals surface area contributed by atoms with Crippen LogP contribution in [-0.2, 0) is 16.2 Å². The van der Waals surface area contributed by atoms with Gasteiger partial charge in [0.1, 0.15) is 5.60 Å². The van der Waals surface area contributed by atoms with Crippen LogP contribution in [0, 0.1) is 5.92 Å². The third-order valence-electron chi connectivity index (χ3n) is 2.54. The second-order valence-corrected chi connectivity index (χ2v) is 5.08. The van der Waals surface area contributed by atoms with Crippen molar-refractivity contribution in [1.82, 2.24) is 5.48 Å². The number of hydroxylamine groups is 1. The number of carbonyl (C=O) groups excluding carboxylic acids is 1. The first-order valence-corrected chi connectivity index (χ1v) is 6.10. The molecule has 0 aliphatic rings. The average Bonchev–Trinajstić information content (AvgIpc) is 2.28. The van der Waals surface area contributed by atoms with Crippen molar-refractivity contribution in [2.75, 3.05) is 0 Å². The maximum Gasteiger partial charge on any atom is 0.275 e. The number of aliphatic hydroxyl groups is 1.